The van der Waals surface area contributed by atoms with Crippen LogP contribution in [-0.4, -0.2) is 48.8 Å². The van der Waals surface area contributed by atoms with Crippen molar-refractivity contribution in [3.8, 4) is 11.3 Å². The zero-order chi connectivity index (χ0) is 20.3. The second kappa shape index (κ2) is 8.24. The standard InChI is InChI=1S/C21H26N4O4/c22-20(27)21(9-5-2-6-10-21)23-19(26)16-17(15-7-3-1-4-8-15)29-24-18(16)25-11-13-28-14-12-25/h1,3-4,7-8H,2,5-6,9-14H2,(H2,22,27)(H,23,26). The molecule has 3 N–H and O–H groups in total. The first-order valence-corrected chi connectivity index (χ1v) is 10.1. The van der Waals surface area contributed by atoms with Gasteiger partial charge in [0.2, 0.25) is 5.91 Å². The van der Waals surface area contributed by atoms with E-state index in [0.29, 0.717) is 56.3 Å². The summed E-state index contributed by atoms with van der Waals surface area (Å²) in [5, 5.41) is 7.17. The number of hydrogen-bond donors (Lipinski definition) is 2. The predicted molar refractivity (Wildman–Crippen MR) is 107 cm³/mol. The summed E-state index contributed by atoms with van der Waals surface area (Å²) in [7, 11) is 0. The lowest BCUT2D eigenvalue weighted by Crippen LogP contribution is -2.58. The van der Waals surface area contributed by atoms with Crippen molar-refractivity contribution < 1.29 is 18.8 Å². The molecule has 1 aliphatic heterocycles. The Labute approximate surface area is 169 Å². The van der Waals surface area contributed by atoms with E-state index in [1.54, 1.807) is 0 Å². The number of anilines is 1. The third kappa shape index (κ3) is 3.85. The Hall–Kier alpha value is -2.87. The highest BCUT2D eigenvalue weighted by molar-refractivity contribution is 6.06. The van der Waals surface area contributed by atoms with Crippen LogP contribution in [0, 0.1) is 0 Å². The first-order chi connectivity index (χ1) is 14.1. The predicted octanol–water partition coefficient (Wildman–Crippen LogP) is 2.10. The van der Waals surface area contributed by atoms with Crippen LogP contribution in [-0.2, 0) is 9.53 Å². The van der Waals surface area contributed by atoms with Crippen molar-refractivity contribution in [2.45, 2.75) is 37.6 Å². The van der Waals surface area contributed by atoms with Gasteiger partial charge in [-0.2, -0.15) is 0 Å². The van der Waals surface area contributed by atoms with Gasteiger partial charge in [-0.25, -0.2) is 0 Å². The average Bonchev–Trinajstić information content (AvgIpc) is 3.21. The molecule has 2 fully saturated rings. The summed E-state index contributed by atoms with van der Waals surface area (Å²) in [6.07, 6.45) is 3.84. The first-order valence-electron chi connectivity index (χ1n) is 10.1. The van der Waals surface area contributed by atoms with E-state index in [1.807, 2.05) is 35.2 Å². The highest BCUT2D eigenvalue weighted by Gasteiger charge is 2.41. The number of rotatable bonds is 5. The van der Waals surface area contributed by atoms with Crippen LogP contribution in [0.4, 0.5) is 5.82 Å². The summed E-state index contributed by atoms with van der Waals surface area (Å²) in [5.74, 6) is -0.0106. The van der Waals surface area contributed by atoms with Crippen molar-refractivity contribution in [1.29, 1.82) is 0 Å². The largest absolute Gasteiger partial charge is 0.378 e. The SMILES string of the molecule is NC(=O)C1(NC(=O)c2c(N3CCOCC3)noc2-c2ccccc2)CCCCC1. The minimum absolute atomic E-state index is 0.337. The summed E-state index contributed by atoms with van der Waals surface area (Å²) < 4.78 is 11.0. The Kier molecular flexibility index (Phi) is 5.53. The Bertz CT molecular complexity index is 868. The minimum Gasteiger partial charge on any atom is -0.378 e. The molecule has 0 atom stereocenters. The lowest BCUT2D eigenvalue weighted by atomic mass is 9.81. The van der Waals surface area contributed by atoms with Gasteiger partial charge in [-0.05, 0) is 12.8 Å². The molecule has 2 heterocycles. The van der Waals surface area contributed by atoms with Gasteiger partial charge in [0.1, 0.15) is 11.1 Å². The lowest BCUT2D eigenvalue weighted by molar-refractivity contribution is -0.125. The highest BCUT2D eigenvalue weighted by atomic mass is 16.5. The van der Waals surface area contributed by atoms with Crippen molar-refractivity contribution in [3.63, 3.8) is 0 Å². The van der Waals surface area contributed by atoms with E-state index < -0.39 is 11.4 Å². The molecule has 8 nitrogen and oxygen atoms in total. The van der Waals surface area contributed by atoms with Gasteiger partial charge in [0, 0.05) is 18.7 Å². The van der Waals surface area contributed by atoms with Crippen LogP contribution in [0.3, 0.4) is 0 Å². The fourth-order valence-electron chi connectivity index (χ4n) is 4.13. The van der Waals surface area contributed by atoms with Gasteiger partial charge in [0.15, 0.2) is 11.6 Å². The third-order valence-electron chi connectivity index (χ3n) is 5.78. The van der Waals surface area contributed by atoms with Gasteiger partial charge in [-0.3, -0.25) is 9.59 Å². The third-order valence-corrected chi connectivity index (χ3v) is 5.78. The highest BCUT2D eigenvalue weighted by Crippen LogP contribution is 2.34. The van der Waals surface area contributed by atoms with E-state index in [0.717, 1.165) is 24.8 Å². The van der Waals surface area contributed by atoms with Crippen LogP contribution in [0.2, 0.25) is 0 Å². The van der Waals surface area contributed by atoms with Crippen LogP contribution in [0.25, 0.3) is 11.3 Å². The number of morpholine rings is 1. The molecule has 2 amide bonds. The summed E-state index contributed by atoms with van der Waals surface area (Å²) in [4.78, 5) is 27.7. The molecule has 1 saturated heterocycles. The minimum atomic E-state index is -1.02. The normalized spacial score (nSPS) is 19.0. The topological polar surface area (TPSA) is 111 Å². The lowest BCUT2D eigenvalue weighted by Gasteiger charge is -2.35. The van der Waals surface area contributed by atoms with Crippen LogP contribution < -0.4 is 16.0 Å². The van der Waals surface area contributed by atoms with Gasteiger partial charge in [0.05, 0.1) is 13.2 Å². The number of hydrogen-bond acceptors (Lipinski definition) is 6. The van der Waals surface area contributed by atoms with Crippen molar-refractivity contribution in [2.75, 3.05) is 31.2 Å². The van der Waals surface area contributed by atoms with Gasteiger partial charge < -0.3 is 25.2 Å². The number of carbonyl (C=O) groups is 2. The molecule has 1 aliphatic carbocycles. The summed E-state index contributed by atoms with van der Waals surface area (Å²) in [5.41, 5.74) is 5.78. The van der Waals surface area contributed by atoms with Crippen LogP contribution in [0.15, 0.2) is 34.9 Å². The number of nitrogens with one attached hydrogen (secondary N) is 1. The number of nitrogens with zero attached hydrogens (tertiary/aromatic N) is 2. The Morgan fingerprint density at radius 1 is 1.07 bits per heavy atom. The van der Waals surface area contributed by atoms with E-state index >= 15 is 0 Å². The second-order valence-corrected chi connectivity index (χ2v) is 7.64. The number of nitrogens with two attached hydrogens (primary N) is 1. The van der Waals surface area contributed by atoms with Crippen molar-refractivity contribution in [3.05, 3.63) is 35.9 Å². The van der Waals surface area contributed by atoms with Crippen LogP contribution in [0.5, 0.6) is 0 Å². The number of ether oxygens (including phenoxy) is 1. The number of benzene rings is 1. The molecule has 0 spiro atoms. The molecule has 154 valence electrons. The molecule has 2 aliphatic rings. The van der Waals surface area contributed by atoms with Gasteiger partial charge in [-0.15, -0.1) is 0 Å². The maximum Gasteiger partial charge on any atom is 0.259 e. The summed E-state index contributed by atoms with van der Waals surface area (Å²) in [6, 6.07) is 9.38. The molecule has 0 bridgehead atoms. The molecule has 8 heteroatoms. The fourth-order valence-corrected chi connectivity index (χ4v) is 4.13. The molecule has 0 radical (unpaired) electrons. The molecular weight excluding hydrogens is 372 g/mol. The molecule has 0 unspecified atom stereocenters. The average molecular weight is 398 g/mol. The van der Waals surface area contributed by atoms with Gasteiger partial charge >= 0.3 is 0 Å². The maximum atomic E-state index is 13.5. The van der Waals surface area contributed by atoms with Crippen molar-refractivity contribution in [2.24, 2.45) is 5.73 Å². The van der Waals surface area contributed by atoms with Crippen molar-refractivity contribution in [1.82, 2.24) is 10.5 Å². The summed E-state index contributed by atoms with van der Waals surface area (Å²) >= 11 is 0. The van der Waals surface area contributed by atoms with E-state index in [-0.39, 0.29) is 5.91 Å². The molecule has 2 aromatic rings. The van der Waals surface area contributed by atoms with Crippen LogP contribution >= 0.6 is 0 Å². The molecule has 4 rings (SSSR count). The monoisotopic (exact) mass is 398 g/mol. The van der Waals surface area contributed by atoms with E-state index in [1.165, 1.54) is 0 Å². The Morgan fingerprint density at radius 3 is 2.41 bits per heavy atom. The van der Waals surface area contributed by atoms with Gasteiger partial charge in [0.25, 0.3) is 5.91 Å². The number of amides is 2. The first kappa shape index (κ1) is 19.4. The van der Waals surface area contributed by atoms with Crippen LogP contribution in [0.1, 0.15) is 42.5 Å². The number of aromatic nitrogens is 1. The van der Waals surface area contributed by atoms with Crippen molar-refractivity contribution >= 4 is 17.6 Å². The van der Waals surface area contributed by atoms with E-state index in [9.17, 15) is 9.59 Å². The Balaban J connectivity index is 1.72. The maximum absolute atomic E-state index is 13.5. The fraction of sp³-hybridized carbons (Fsp3) is 0.476. The quantitative estimate of drug-likeness (QED) is 0.798. The zero-order valence-electron chi connectivity index (χ0n) is 16.4. The zero-order valence-corrected chi connectivity index (χ0v) is 16.4. The number of primary amides is 1. The number of carbonyl (C=O) groups excluding carboxylic acids is 2. The molecule has 1 aromatic carbocycles. The Morgan fingerprint density at radius 2 is 1.76 bits per heavy atom. The smallest absolute Gasteiger partial charge is 0.259 e. The molecule has 1 aromatic heterocycles. The van der Waals surface area contributed by atoms with E-state index in [2.05, 4.69) is 10.5 Å². The molecule has 1 saturated carbocycles. The van der Waals surface area contributed by atoms with Gasteiger partial charge in [-0.1, -0.05) is 54.8 Å². The molecule has 29 heavy (non-hydrogen) atoms. The summed E-state index contributed by atoms with van der Waals surface area (Å²) in [6.45, 7) is 2.34. The van der Waals surface area contributed by atoms with E-state index in [4.69, 9.17) is 15.0 Å². The second-order valence-electron chi connectivity index (χ2n) is 7.64. The molecular formula is C21H26N4O4.